The van der Waals surface area contributed by atoms with Crippen LogP contribution in [0.15, 0.2) is 48.5 Å². The van der Waals surface area contributed by atoms with Crippen LogP contribution in [-0.4, -0.2) is 52.7 Å². The van der Waals surface area contributed by atoms with Crippen LogP contribution in [0.2, 0.25) is 0 Å². The average Bonchev–Trinajstić information content (AvgIpc) is 2.68. The highest BCUT2D eigenvalue weighted by Crippen LogP contribution is 2.17. The maximum Gasteiger partial charge on any atom is 0.303 e. The van der Waals surface area contributed by atoms with Gasteiger partial charge in [0.25, 0.3) is 0 Å². The number of hydrogen-bond donors (Lipinski definition) is 2. The number of rotatable bonds is 13. The molecular formula is C24H34N2O3. The van der Waals surface area contributed by atoms with Crippen molar-refractivity contribution in [3.05, 3.63) is 65.2 Å². The molecule has 158 valence electrons. The SMILES string of the molecule is Cc1ccccc1CN(CCCCCC(=O)O)CCN(C)Cc1ccccc1O. The average molecular weight is 399 g/mol. The normalized spacial score (nSPS) is 11.3. The van der Waals surface area contributed by atoms with Crippen molar-refractivity contribution < 1.29 is 15.0 Å². The molecule has 0 aliphatic carbocycles. The van der Waals surface area contributed by atoms with E-state index in [1.54, 1.807) is 6.07 Å². The highest BCUT2D eigenvalue weighted by atomic mass is 16.4. The number of phenolic OH excluding ortho intramolecular Hbond substituents is 1. The van der Waals surface area contributed by atoms with Crippen LogP contribution in [0.3, 0.4) is 0 Å². The molecule has 2 N–H and O–H groups in total. The van der Waals surface area contributed by atoms with Crippen molar-refractivity contribution in [3.63, 3.8) is 0 Å². The third-order valence-electron chi connectivity index (χ3n) is 5.25. The lowest BCUT2D eigenvalue weighted by atomic mass is 10.1. The number of benzene rings is 2. The summed E-state index contributed by atoms with van der Waals surface area (Å²) in [6.07, 6.45) is 2.93. The second kappa shape index (κ2) is 12.2. The van der Waals surface area contributed by atoms with Crippen LogP contribution in [0.5, 0.6) is 5.75 Å². The minimum Gasteiger partial charge on any atom is -0.508 e. The molecule has 0 bridgehead atoms. The lowest BCUT2D eigenvalue weighted by Crippen LogP contribution is -2.33. The molecular weight excluding hydrogens is 364 g/mol. The van der Waals surface area contributed by atoms with Gasteiger partial charge in [-0.25, -0.2) is 0 Å². The van der Waals surface area contributed by atoms with Crippen LogP contribution >= 0.6 is 0 Å². The Kier molecular flexibility index (Phi) is 9.68. The molecule has 5 heteroatoms. The molecule has 2 aromatic carbocycles. The predicted octanol–water partition coefficient (Wildman–Crippen LogP) is 4.28. The van der Waals surface area contributed by atoms with Gasteiger partial charge in [0, 0.05) is 38.2 Å². The highest BCUT2D eigenvalue weighted by molar-refractivity contribution is 5.66. The molecule has 0 heterocycles. The van der Waals surface area contributed by atoms with E-state index >= 15 is 0 Å². The first kappa shape index (κ1) is 22.9. The summed E-state index contributed by atoms with van der Waals surface area (Å²) in [5, 5.41) is 18.8. The molecule has 0 amide bonds. The molecule has 0 radical (unpaired) electrons. The second-order valence-corrected chi connectivity index (χ2v) is 7.77. The second-order valence-electron chi connectivity index (χ2n) is 7.77. The van der Waals surface area contributed by atoms with Gasteiger partial charge in [-0.2, -0.15) is 0 Å². The van der Waals surface area contributed by atoms with Crippen LogP contribution in [0.4, 0.5) is 0 Å². The fourth-order valence-corrected chi connectivity index (χ4v) is 3.41. The van der Waals surface area contributed by atoms with Gasteiger partial charge in [-0.05, 0) is 50.6 Å². The molecule has 0 saturated heterocycles. The van der Waals surface area contributed by atoms with E-state index in [2.05, 4.69) is 48.0 Å². The molecule has 0 aliphatic heterocycles. The molecule has 0 atom stereocenters. The first-order chi connectivity index (χ1) is 14.0. The molecule has 2 aromatic rings. The van der Waals surface area contributed by atoms with Crippen molar-refractivity contribution in [1.29, 1.82) is 0 Å². The van der Waals surface area contributed by atoms with Gasteiger partial charge in [-0.15, -0.1) is 0 Å². The third kappa shape index (κ3) is 8.67. The summed E-state index contributed by atoms with van der Waals surface area (Å²) >= 11 is 0. The number of carboxylic acid groups (broad SMARTS) is 1. The summed E-state index contributed by atoms with van der Waals surface area (Å²) in [7, 11) is 2.07. The smallest absolute Gasteiger partial charge is 0.303 e. The molecule has 0 aromatic heterocycles. The van der Waals surface area contributed by atoms with E-state index in [9.17, 15) is 9.90 Å². The topological polar surface area (TPSA) is 64.0 Å². The Balaban J connectivity index is 1.88. The van der Waals surface area contributed by atoms with Crippen LogP contribution in [0, 0.1) is 6.92 Å². The van der Waals surface area contributed by atoms with Gasteiger partial charge in [0.2, 0.25) is 0 Å². The number of carboxylic acids is 1. The van der Waals surface area contributed by atoms with Crippen molar-refractivity contribution in [2.45, 2.75) is 45.7 Å². The quantitative estimate of drug-likeness (QED) is 0.493. The van der Waals surface area contributed by atoms with Crippen molar-refractivity contribution in [3.8, 4) is 5.75 Å². The summed E-state index contributed by atoms with van der Waals surface area (Å²) < 4.78 is 0. The van der Waals surface area contributed by atoms with E-state index in [1.807, 2.05) is 18.2 Å². The summed E-state index contributed by atoms with van der Waals surface area (Å²) in [5.41, 5.74) is 3.57. The van der Waals surface area contributed by atoms with Crippen LogP contribution in [0.25, 0.3) is 0 Å². The van der Waals surface area contributed by atoms with Crippen LogP contribution < -0.4 is 0 Å². The molecule has 5 nitrogen and oxygen atoms in total. The van der Waals surface area contributed by atoms with Crippen molar-refractivity contribution in [1.82, 2.24) is 9.80 Å². The van der Waals surface area contributed by atoms with E-state index in [-0.39, 0.29) is 6.42 Å². The first-order valence-corrected chi connectivity index (χ1v) is 10.4. The molecule has 0 fully saturated rings. The van der Waals surface area contributed by atoms with Gasteiger partial charge in [-0.1, -0.05) is 48.9 Å². The van der Waals surface area contributed by atoms with E-state index in [1.165, 1.54) is 11.1 Å². The highest BCUT2D eigenvalue weighted by Gasteiger charge is 2.11. The monoisotopic (exact) mass is 398 g/mol. The Morgan fingerprint density at radius 1 is 0.862 bits per heavy atom. The molecule has 0 unspecified atom stereocenters. The standard InChI is InChI=1S/C24H34N2O3/c1-20-10-5-6-11-21(20)19-26(15-9-3-4-14-24(28)29)17-16-25(2)18-22-12-7-8-13-23(22)27/h5-8,10-13,27H,3-4,9,14-19H2,1-2H3,(H,28,29). The number of para-hydroxylation sites is 1. The van der Waals surface area contributed by atoms with Crippen LogP contribution in [0.1, 0.15) is 42.4 Å². The number of aromatic hydroxyl groups is 1. The lowest BCUT2D eigenvalue weighted by Gasteiger charge is -2.26. The fourth-order valence-electron chi connectivity index (χ4n) is 3.41. The number of aryl methyl sites for hydroxylation is 1. The zero-order valence-corrected chi connectivity index (χ0v) is 17.7. The van der Waals surface area contributed by atoms with E-state index in [0.29, 0.717) is 12.3 Å². The number of likely N-dealkylation sites (N-methyl/N-ethyl adjacent to an activating group) is 1. The number of phenols is 1. The number of nitrogens with zero attached hydrogens (tertiary/aromatic N) is 2. The van der Waals surface area contributed by atoms with Crippen molar-refractivity contribution in [2.75, 3.05) is 26.7 Å². The van der Waals surface area contributed by atoms with E-state index < -0.39 is 5.97 Å². The molecule has 0 aliphatic rings. The summed E-state index contributed by atoms with van der Waals surface area (Å²) in [6, 6.07) is 15.9. The molecule has 0 spiro atoms. The van der Waals surface area contributed by atoms with Gasteiger partial charge in [0.15, 0.2) is 0 Å². The summed E-state index contributed by atoms with van der Waals surface area (Å²) in [4.78, 5) is 15.4. The number of unbranched alkanes of at least 4 members (excludes halogenated alkanes) is 2. The van der Waals surface area contributed by atoms with Gasteiger partial charge in [-0.3, -0.25) is 9.69 Å². The predicted molar refractivity (Wildman–Crippen MR) is 117 cm³/mol. The van der Waals surface area contributed by atoms with Crippen molar-refractivity contribution in [2.24, 2.45) is 0 Å². The van der Waals surface area contributed by atoms with Gasteiger partial charge >= 0.3 is 5.97 Å². The zero-order valence-electron chi connectivity index (χ0n) is 17.7. The lowest BCUT2D eigenvalue weighted by molar-refractivity contribution is -0.137. The fraction of sp³-hybridized carbons (Fsp3) is 0.458. The maximum absolute atomic E-state index is 10.7. The number of hydrogen-bond acceptors (Lipinski definition) is 4. The van der Waals surface area contributed by atoms with Crippen molar-refractivity contribution >= 4 is 5.97 Å². The largest absolute Gasteiger partial charge is 0.508 e. The number of carbonyl (C=O) groups is 1. The number of aliphatic carboxylic acids is 1. The minimum atomic E-state index is -0.715. The maximum atomic E-state index is 10.7. The van der Waals surface area contributed by atoms with Gasteiger partial charge in [0.05, 0.1) is 0 Å². The van der Waals surface area contributed by atoms with Gasteiger partial charge < -0.3 is 15.1 Å². The Morgan fingerprint density at radius 2 is 1.55 bits per heavy atom. The van der Waals surface area contributed by atoms with E-state index in [4.69, 9.17) is 5.11 Å². The third-order valence-corrected chi connectivity index (χ3v) is 5.25. The molecule has 29 heavy (non-hydrogen) atoms. The first-order valence-electron chi connectivity index (χ1n) is 10.4. The summed E-state index contributed by atoms with van der Waals surface area (Å²) in [6.45, 7) is 6.54. The Bertz CT molecular complexity index is 763. The zero-order chi connectivity index (χ0) is 21.1. The summed E-state index contributed by atoms with van der Waals surface area (Å²) in [5.74, 6) is -0.373. The van der Waals surface area contributed by atoms with Gasteiger partial charge in [0.1, 0.15) is 5.75 Å². The Morgan fingerprint density at radius 3 is 2.24 bits per heavy atom. The minimum absolute atomic E-state index is 0.251. The molecule has 0 saturated carbocycles. The van der Waals surface area contributed by atoms with E-state index in [0.717, 1.165) is 51.0 Å². The van der Waals surface area contributed by atoms with Crippen LogP contribution in [-0.2, 0) is 17.9 Å². The Labute approximate surface area is 174 Å². The molecule has 2 rings (SSSR count). The Hall–Kier alpha value is -2.37.